The van der Waals surface area contributed by atoms with Gasteiger partial charge in [-0.3, -0.25) is 4.79 Å². The van der Waals surface area contributed by atoms with Crippen LogP contribution in [-0.4, -0.2) is 32.7 Å². The Morgan fingerprint density at radius 1 is 1.20 bits per heavy atom. The quantitative estimate of drug-likeness (QED) is 0.734. The SMILES string of the molecule is O=C(Nc1ccc(-n2cnnn2)cc1)C1=Cc2cc(Br)ccc2OC1. The summed E-state index contributed by atoms with van der Waals surface area (Å²) in [6.45, 7) is 0.239. The lowest BCUT2D eigenvalue weighted by atomic mass is 10.1. The summed E-state index contributed by atoms with van der Waals surface area (Å²) in [5.74, 6) is 0.575. The highest BCUT2D eigenvalue weighted by Gasteiger charge is 2.17. The molecule has 0 fully saturated rings. The molecule has 0 spiro atoms. The minimum absolute atomic E-state index is 0.194. The summed E-state index contributed by atoms with van der Waals surface area (Å²) in [4.78, 5) is 12.5. The van der Waals surface area contributed by atoms with Crippen LogP contribution in [0.2, 0.25) is 0 Å². The van der Waals surface area contributed by atoms with Crippen molar-refractivity contribution < 1.29 is 9.53 Å². The summed E-state index contributed by atoms with van der Waals surface area (Å²) in [6.07, 6.45) is 3.35. The predicted octanol–water partition coefficient (Wildman–Crippen LogP) is 2.84. The number of anilines is 1. The molecule has 124 valence electrons. The molecule has 3 aromatic rings. The van der Waals surface area contributed by atoms with Gasteiger partial charge < -0.3 is 10.1 Å². The molecule has 1 aromatic heterocycles. The van der Waals surface area contributed by atoms with Crippen molar-refractivity contribution in [3.63, 3.8) is 0 Å². The van der Waals surface area contributed by atoms with Gasteiger partial charge in [-0.05, 0) is 59.0 Å². The number of benzene rings is 2. The lowest BCUT2D eigenvalue weighted by molar-refractivity contribution is -0.113. The maximum Gasteiger partial charge on any atom is 0.255 e. The molecule has 8 heteroatoms. The van der Waals surface area contributed by atoms with Gasteiger partial charge in [-0.25, -0.2) is 4.68 Å². The maximum atomic E-state index is 12.5. The average Bonchev–Trinajstić information content (AvgIpc) is 3.16. The standard InChI is InChI=1S/C17H12BrN5O2/c18-13-1-6-16-11(8-13)7-12(9-25-16)17(24)20-14-2-4-15(5-3-14)23-10-19-21-22-23/h1-8,10H,9H2,(H,20,24). The molecule has 4 rings (SSSR count). The van der Waals surface area contributed by atoms with Crippen LogP contribution in [0.5, 0.6) is 5.75 Å². The first-order valence-electron chi connectivity index (χ1n) is 7.47. The Balaban J connectivity index is 1.50. The molecular weight excluding hydrogens is 386 g/mol. The highest BCUT2D eigenvalue weighted by atomic mass is 79.9. The first kappa shape index (κ1) is 15.5. The third-order valence-electron chi connectivity index (χ3n) is 3.72. The molecule has 0 bridgehead atoms. The van der Waals surface area contributed by atoms with Gasteiger partial charge >= 0.3 is 0 Å². The Kier molecular flexibility index (Phi) is 4.02. The van der Waals surface area contributed by atoms with Gasteiger partial charge in [0.25, 0.3) is 5.91 Å². The van der Waals surface area contributed by atoms with E-state index in [1.165, 1.54) is 11.0 Å². The molecule has 1 N–H and O–H groups in total. The molecule has 1 aliphatic heterocycles. The van der Waals surface area contributed by atoms with Gasteiger partial charge in [-0.15, -0.1) is 5.10 Å². The summed E-state index contributed by atoms with van der Waals surface area (Å²) >= 11 is 3.42. The zero-order chi connectivity index (χ0) is 17.2. The number of carbonyl (C=O) groups excluding carboxylic acids is 1. The molecule has 0 saturated heterocycles. The van der Waals surface area contributed by atoms with Crippen molar-refractivity contribution >= 4 is 33.6 Å². The number of amides is 1. The smallest absolute Gasteiger partial charge is 0.255 e. The molecule has 1 amide bonds. The molecule has 1 aliphatic rings. The molecule has 25 heavy (non-hydrogen) atoms. The molecule has 0 unspecified atom stereocenters. The largest absolute Gasteiger partial charge is 0.488 e. The topological polar surface area (TPSA) is 81.9 Å². The number of nitrogens with one attached hydrogen (secondary N) is 1. The molecule has 2 heterocycles. The zero-order valence-corrected chi connectivity index (χ0v) is 14.5. The molecule has 0 atom stereocenters. The number of hydrogen-bond donors (Lipinski definition) is 1. The van der Waals surface area contributed by atoms with E-state index in [0.29, 0.717) is 11.3 Å². The molecular formula is C17H12BrN5O2. The van der Waals surface area contributed by atoms with Crippen LogP contribution in [-0.2, 0) is 4.79 Å². The number of fused-ring (bicyclic) bond motifs is 1. The highest BCUT2D eigenvalue weighted by Crippen LogP contribution is 2.29. The van der Waals surface area contributed by atoms with E-state index in [9.17, 15) is 4.79 Å². The first-order chi connectivity index (χ1) is 12.2. The third-order valence-corrected chi connectivity index (χ3v) is 4.21. The van der Waals surface area contributed by atoms with Crippen molar-refractivity contribution in [3.05, 3.63) is 64.4 Å². The highest BCUT2D eigenvalue weighted by molar-refractivity contribution is 9.10. The molecule has 7 nitrogen and oxygen atoms in total. The van der Waals surface area contributed by atoms with E-state index in [1.807, 2.05) is 36.4 Å². The fraction of sp³-hybridized carbons (Fsp3) is 0.0588. The fourth-order valence-corrected chi connectivity index (χ4v) is 2.85. The number of nitrogens with zero attached hydrogens (tertiary/aromatic N) is 4. The van der Waals surface area contributed by atoms with Crippen molar-refractivity contribution in [2.45, 2.75) is 0 Å². The van der Waals surface area contributed by atoms with Crippen molar-refractivity contribution in [2.24, 2.45) is 0 Å². The van der Waals surface area contributed by atoms with Gasteiger partial charge in [0.05, 0.1) is 11.3 Å². The van der Waals surface area contributed by atoms with Crippen molar-refractivity contribution in [1.82, 2.24) is 20.2 Å². The number of tetrazole rings is 1. The van der Waals surface area contributed by atoms with Gasteiger partial charge in [0.15, 0.2) is 0 Å². The van der Waals surface area contributed by atoms with Crippen LogP contribution in [0.25, 0.3) is 11.8 Å². The summed E-state index contributed by atoms with van der Waals surface area (Å²) in [6, 6.07) is 12.9. The summed E-state index contributed by atoms with van der Waals surface area (Å²) in [7, 11) is 0. The lowest BCUT2D eigenvalue weighted by Crippen LogP contribution is -2.21. The number of rotatable bonds is 3. The number of ether oxygens (including phenoxy) is 1. The Bertz CT molecular complexity index is 952. The van der Waals surface area contributed by atoms with E-state index < -0.39 is 0 Å². The van der Waals surface area contributed by atoms with Gasteiger partial charge in [0.2, 0.25) is 0 Å². The van der Waals surface area contributed by atoms with Gasteiger partial charge in [-0.1, -0.05) is 15.9 Å². The van der Waals surface area contributed by atoms with Crippen LogP contribution in [0.3, 0.4) is 0 Å². The zero-order valence-electron chi connectivity index (χ0n) is 12.9. The van der Waals surface area contributed by atoms with Crippen molar-refractivity contribution in [1.29, 1.82) is 0 Å². The van der Waals surface area contributed by atoms with Gasteiger partial charge in [0.1, 0.15) is 18.7 Å². The Morgan fingerprint density at radius 3 is 2.80 bits per heavy atom. The second kappa shape index (κ2) is 6.48. The van der Waals surface area contributed by atoms with Gasteiger partial charge in [0, 0.05) is 15.7 Å². The Labute approximate surface area is 151 Å². The molecule has 0 saturated carbocycles. The summed E-state index contributed by atoms with van der Waals surface area (Å²) < 4.78 is 8.12. The Morgan fingerprint density at radius 2 is 2.04 bits per heavy atom. The van der Waals surface area contributed by atoms with Crippen LogP contribution in [0.4, 0.5) is 5.69 Å². The Hall–Kier alpha value is -3.00. The van der Waals surface area contributed by atoms with Crippen LogP contribution in [0.1, 0.15) is 5.56 Å². The number of halogens is 1. The second-order valence-corrected chi connectivity index (χ2v) is 6.31. The van der Waals surface area contributed by atoms with E-state index in [1.54, 1.807) is 12.1 Å². The van der Waals surface area contributed by atoms with E-state index in [-0.39, 0.29) is 12.5 Å². The number of carbonyl (C=O) groups is 1. The first-order valence-corrected chi connectivity index (χ1v) is 8.26. The summed E-state index contributed by atoms with van der Waals surface area (Å²) in [5, 5.41) is 13.9. The van der Waals surface area contributed by atoms with Crippen LogP contribution in [0, 0.1) is 0 Å². The van der Waals surface area contributed by atoms with E-state index in [0.717, 1.165) is 21.5 Å². The van der Waals surface area contributed by atoms with Crippen molar-refractivity contribution in [3.8, 4) is 11.4 Å². The van der Waals surface area contributed by atoms with Crippen LogP contribution < -0.4 is 10.1 Å². The van der Waals surface area contributed by atoms with Crippen LogP contribution in [0.15, 0.2) is 58.8 Å². The lowest BCUT2D eigenvalue weighted by Gasteiger charge is -2.18. The minimum atomic E-state index is -0.194. The van der Waals surface area contributed by atoms with Crippen LogP contribution >= 0.6 is 15.9 Å². The molecule has 0 radical (unpaired) electrons. The average molecular weight is 398 g/mol. The van der Waals surface area contributed by atoms with Crippen molar-refractivity contribution in [2.75, 3.05) is 11.9 Å². The summed E-state index contributed by atoms with van der Waals surface area (Å²) in [5.41, 5.74) is 2.93. The fourth-order valence-electron chi connectivity index (χ4n) is 2.47. The number of hydrogen-bond acceptors (Lipinski definition) is 5. The predicted molar refractivity (Wildman–Crippen MR) is 95.4 cm³/mol. The van der Waals surface area contributed by atoms with E-state index in [2.05, 4.69) is 36.8 Å². The number of aromatic nitrogens is 4. The second-order valence-electron chi connectivity index (χ2n) is 5.40. The molecule has 2 aromatic carbocycles. The van der Waals surface area contributed by atoms with E-state index in [4.69, 9.17) is 4.74 Å². The van der Waals surface area contributed by atoms with Gasteiger partial charge in [-0.2, -0.15) is 0 Å². The third kappa shape index (κ3) is 3.29. The minimum Gasteiger partial charge on any atom is -0.488 e. The molecule has 0 aliphatic carbocycles. The maximum absolute atomic E-state index is 12.5. The normalized spacial score (nSPS) is 12.8. The van der Waals surface area contributed by atoms with E-state index >= 15 is 0 Å². The monoisotopic (exact) mass is 397 g/mol.